The van der Waals surface area contributed by atoms with Crippen molar-refractivity contribution in [3.05, 3.63) is 34.1 Å². The van der Waals surface area contributed by atoms with Crippen molar-refractivity contribution in [2.75, 3.05) is 13.1 Å². The van der Waals surface area contributed by atoms with Gasteiger partial charge in [0.05, 0.1) is 0 Å². The second kappa shape index (κ2) is 5.33. The standard InChI is InChI=1S/C13H13Cl2N3O2/c14-9-4-8(5-10(15)6-9)11-17-12(20-18-11)13(19)2-1-3-16-7-13/h4-6,16,19H,1-3,7H2. The van der Waals surface area contributed by atoms with Crippen molar-refractivity contribution in [2.45, 2.75) is 18.4 Å². The molecule has 1 aliphatic heterocycles. The Bertz CT molecular complexity index is 604. The van der Waals surface area contributed by atoms with Crippen molar-refractivity contribution in [3.8, 4) is 11.4 Å². The van der Waals surface area contributed by atoms with Gasteiger partial charge in [0.15, 0.2) is 5.60 Å². The second-order valence-corrected chi connectivity index (χ2v) is 5.77. The van der Waals surface area contributed by atoms with E-state index < -0.39 is 5.60 Å². The fraction of sp³-hybridized carbons (Fsp3) is 0.385. The van der Waals surface area contributed by atoms with Crippen LogP contribution in [-0.4, -0.2) is 28.3 Å². The zero-order chi connectivity index (χ0) is 14.2. The van der Waals surface area contributed by atoms with Gasteiger partial charge in [-0.05, 0) is 37.6 Å². The lowest BCUT2D eigenvalue weighted by Gasteiger charge is -2.28. The van der Waals surface area contributed by atoms with E-state index in [2.05, 4.69) is 15.5 Å². The van der Waals surface area contributed by atoms with Crippen LogP contribution in [0.4, 0.5) is 0 Å². The highest BCUT2D eigenvalue weighted by atomic mass is 35.5. The third-order valence-electron chi connectivity index (χ3n) is 3.31. The van der Waals surface area contributed by atoms with Gasteiger partial charge in [0.1, 0.15) is 0 Å². The van der Waals surface area contributed by atoms with Crippen LogP contribution in [0.15, 0.2) is 22.7 Å². The molecule has 106 valence electrons. The minimum Gasteiger partial charge on any atom is -0.379 e. The van der Waals surface area contributed by atoms with E-state index in [1.165, 1.54) is 0 Å². The minimum atomic E-state index is -1.11. The topological polar surface area (TPSA) is 71.2 Å². The van der Waals surface area contributed by atoms with Gasteiger partial charge < -0.3 is 14.9 Å². The van der Waals surface area contributed by atoms with Crippen LogP contribution in [0.1, 0.15) is 18.7 Å². The predicted molar refractivity (Wildman–Crippen MR) is 75.8 cm³/mol. The molecule has 0 spiro atoms. The van der Waals surface area contributed by atoms with Gasteiger partial charge in [-0.3, -0.25) is 0 Å². The molecule has 1 unspecified atom stereocenters. The first-order valence-electron chi connectivity index (χ1n) is 6.31. The number of benzene rings is 1. The lowest BCUT2D eigenvalue weighted by Crippen LogP contribution is -2.43. The van der Waals surface area contributed by atoms with E-state index in [1.807, 2.05) is 0 Å². The average molecular weight is 314 g/mol. The molecule has 1 aromatic carbocycles. The third kappa shape index (κ3) is 2.67. The second-order valence-electron chi connectivity index (χ2n) is 4.89. The molecule has 20 heavy (non-hydrogen) atoms. The molecule has 2 heterocycles. The molecule has 0 saturated carbocycles. The van der Waals surface area contributed by atoms with E-state index in [9.17, 15) is 5.11 Å². The summed E-state index contributed by atoms with van der Waals surface area (Å²) in [5.74, 6) is 0.583. The van der Waals surface area contributed by atoms with Crippen molar-refractivity contribution in [1.29, 1.82) is 0 Å². The summed E-state index contributed by atoms with van der Waals surface area (Å²) in [7, 11) is 0. The molecule has 0 bridgehead atoms. The zero-order valence-corrected chi connectivity index (χ0v) is 12.1. The van der Waals surface area contributed by atoms with Gasteiger partial charge in [0.2, 0.25) is 5.82 Å². The van der Waals surface area contributed by atoms with Crippen molar-refractivity contribution < 1.29 is 9.63 Å². The molecule has 1 saturated heterocycles. The van der Waals surface area contributed by atoms with E-state index >= 15 is 0 Å². The summed E-state index contributed by atoms with van der Waals surface area (Å²) in [5.41, 5.74) is -0.448. The van der Waals surface area contributed by atoms with Gasteiger partial charge in [-0.2, -0.15) is 4.98 Å². The van der Waals surface area contributed by atoms with Gasteiger partial charge in [0.25, 0.3) is 5.89 Å². The number of aliphatic hydroxyl groups is 1. The number of nitrogens with zero attached hydrogens (tertiary/aromatic N) is 2. The molecule has 1 fully saturated rings. The first-order valence-corrected chi connectivity index (χ1v) is 7.06. The summed E-state index contributed by atoms with van der Waals surface area (Å²) in [6.07, 6.45) is 1.45. The maximum Gasteiger partial charge on any atom is 0.260 e. The largest absolute Gasteiger partial charge is 0.379 e. The summed E-state index contributed by atoms with van der Waals surface area (Å²) >= 11 is 11.9. The average Bonchev–Trinajstić information content (AvgIpc) is 2.89. The number of piperidine rings is 1. The maximum absolute atomic E-state index is 10.5. The molecule has 0 radical (unpaired) electrons. The van der Waals surface area contributed by atoms with Crippen LogP contribution in [-0.2, 0) is 5.60 Å². The molecule has 1 aromatic heterocycles. The molecule has 0 aliphatic carbocycles. The van der Waals surface area contributed by atoms with Crippen LogP contribution < -0.4 is 5.32 Å². The van der Waals surface area contributed by atoms with Gasteiger partial charge in [0, 0.05) is 22.2 Å². The molecule has 1 aliphatic rings. The molecule has 2 aromatic rings. The number of hydrogen-bond donors (Lipinski definition) is 2. The summed E-state index contributed by atoms with van der Waals surface area (Å²) < 4.78 is 5.20. The quantitative estimate of drug-likeness (QED) is 0.891. The lowest BCUT2D eigenvalue weighted by atomic mass is 9.94. The highest BCUT2D eigenvalue weighted by Crippen LogP contribution is 2.30. The van der Waals surface area contributed by atoms with Gasteiger partial charge >= 0.3 is 0 Å². The third-order valence-corrected chi connectivity index (χ3v) is 3.74. The Morgan fingerprint density at radius 1 is 1.25 bits per heavy atom. The summed E-state index contributed by atoms with van der Waals surface area (Å²) in [5, 5.41) is 18.5. The molecule has 1 atom stereocenters. The van der Waals surface area contributed by atoms with Crippen LogP contribution in [0.3, 0.4) is 0 Å². The Morgan fingerprint density at radius 2 is 2.00 bits per heavy atom. The molecule has 2 N–H and O–H groups in total. The van der Waals surface area contributed by atoms with Crippen molar-refractivity contribution in [3.63, 3.8) is 0 Å². The lowest BCUT2D eigenvalue weighted by molar-refractivity contribution is -0.0167. The van der Waals surface area contributed by atoms with Crippen LogP contribution in [0.25, 0.3) is 11.4 Å². The van der Waals surface area contributed by atoms with E-state index in [-0.39, 0.29) is 5.89 Å². The molecule has 0 amide bonds. The number of halogens is 2. The summed E-state index contributed by atoms with van der Waals surface area (Å²) in [6, 6.07) is 5.03. The van der Waals surface area contributed by atoms with Crippen molar-refractivity contribution >= 4 is 23.2 Å². The molecule has 5 nitrogen and oxygen atoms in total. The normalized spacial score (nSPS) is 22.9. The Labute approximate surface area is 125 Å². The van der Waals surface area contributed by atoms with Gasteiger partial charge in [-0.1, -0.05) is 28.4 Å². The van der Waals surface area contributed by atoms with Crippen LogP contribution in [0.2, 0.25) is 10.0 Å². The predicted octanol–water partition coefficient (Wildman–Crippen LogP) is 2.61. The van der Waals surface area contributed by atoms with Gasteiger partial charge in [-0.25, -0.2) is 0 Å². The maximum atomic E-state index is 10.5. The fourth-order valence-corrected chi connectivity index (χ4v) is 2.81. The van der Waals surface area contributed by atoms with Crippen molar-refractivity contribution in [2.24, 2.45) is 0 Å². The Hall–Kier alpha value is -1.14. The number of aromatic nitrogens is 2. The molecular weight excluding hydrogens is 301 g/mol. The zero-order valence-electron chi connectivity index (χ0n) is 10.6. The first kappa shape index (κ1) is 13.8. The minimum absolute atomic E-state index is 0.218. The van der Waals surface area contributed by atoms with E-state index in [4.69, 9.17) is 27.7 Å². The Kier molecular flexibility index (Phi) is 3.69. The molecule has 3 rings (SSSR count). The highest BCUT2D eigenvalue weighted by molar-refractivity contribution is 6.35. The van der Waals surface area contributed by atoms with E-state index in [0.29, 0.717) is 34.4 Å². The number of rotatable bonds is 2. The van der Waals surface area contributed by atoms with Crippen LogP contribution in [0, 0.1) is 0 Å². The Balaban J connectivity index is 1.93. The molecule has 7 heteroatoms. The van der Waals surface area contributed by atoms with Gasteiger partial charge in [-0.15, -0.1) is 0 Å². The summed E-state index contributed by atoms with van der Waals surface area (Å²) in [6.45, 7) is 1.29. The summed E-state index contributed by atoms with van der Waals surface area (Å²) in [4.78, 5) is 4.27. The van der Waals surface area contributed by atoms with E-state index in [1.54, 1.807) is 18.2 Å². The fourth-order valence-electron chi connectivity index (χ4n) is 2.28. The van der Waals surface area contributed by atoms with Crippen LogP contribution in [0.5, 0.6) is 0 Å². The number of hydrogen-bond acceptors (Lipinski definition) is 5. The monoisotopic (exact) mass is 313 g/mol. The van der Waals surface area contributed by atoms with E-state index in [0.717, 1.165) is 13.0 Å². The number of β-amino-alcohol motifs (C(OH)–C–C–N with tert-alkyl or cyclic N) is 1. The van der Waals surface area contributed by atoms with Crippen LogP contribution >= 0.6 is 23.2 Å². The smallest absolute Gasteiger partial charge is 0.260 e. The molecular formula is C13H13Cl2N3O2. The Morgan fingerprint density at radius 3 is 2.65 bits per heavy atom. The number of nitrogens with one attached hydrogen (secondary N) is 1. The first-order chi connectivity index (χ1) is 9.57. The van der Waals surface area contributed by atoms with Crippen molar-refractivity contribution in [1.82, 2.24) is 15.5 Å². The highest BCUT2D eigenvalue weighted by Gasteiger charge is 2.37. The SMILES string of the molecule is OC1(c2nc(-c3cc(Cl)cc(Cl)c3)no2)CCCNC1.